The first kappa shape index (κ1) is 23.0. The standard InChI is InChI=1S/C27H27N5O3S/c1-15-16(2)36-26-23(15)24(28-14-29-26)18-7-9-31(10-8-18)12-17-3-4-20-19(11-17)13-32(27(20)35)21-5-6-22(33)30-25(21)34/h3-4,7,11,14,21H,5-6,8-10,12-13H2,1-2H3,(H,30,33,34). The van der Waals surface area contributed by atoms with Crippen molar-refractivity contribution >= 4 is 44.8 Å². The van der Waals surface area contributed by atoms with Crippen LogP contribution < -0.4 is 5.32 Å². The highest BCUT2D eigenvalue weighted by atomic mass is 32.1. The highest BCUT2D eigenvalue weighted by molar-refractivity contribution is 7.18. The van der Waals surface area contributed by atoms with Gasteiger partial charge in [-0.2, -0.15) is 0 Å². The van der Waals surface area contributed by atoms with Crippen LogP contribution in [-0.2, 0) is 22.7 Å². The number of carbonyl (C=O) groups excluding carboxylic acids is 3. The predicted molar refractivity (Wildman–Crippen MR) is 137 cm³/mol. The number of hydrogen-bond acceptors (Lipinski definition) is 7. The van der Waals surface area contributed by atoms with Crippen LogP contribution in [0.1, 0.15) is 56.9 Å². The molecule has 1 unspecified atom stereocenters. The van der Waals surface area contributed by atoms with Gasteiger partial charge in [0.15, 0.2) is 0 Å². The van der Waals surface area contributed by atoms with E-state index in [0.717, 1.165) is 47.7 Å². The van der Waals surface area contributed by atoms with Crippen molar-refractivity contribution in [1.29, 1.82) is 0 Å². The van der Waals surface area contributed by atoms with Gasteiger partial charge in [0.1, 0.15) is 17.2 Å². The van der Waals surface area contributed by atoms with E-state index in [1.165, 1.54) is 21.4 Å². The molecule has 0 spiro atoms. The third-order valence-electron chi connectivity index (χ3n) is 7.56. The van der Waals surface area contributed by atoms with Gasteiger partial charge in [-0.15, -0.1) is 11.3 Å². The minimum absolute atomic E-state index is 0.133. The lowest BCUT2D eigenvalue weighted by molar-refractivity contribution is -0.136. The van der Waals surface area contributed by atoms with E-state index in [1.807, 2.05) is 12.1 Å². The fourth-order valence-corrected chi connectivity index (χ4v) is 6.48. The summed E-state index contributed by atoms with van der Waals surface area (Å²) in [6.45, 7) is 7.24. The molecule has 2 aromatic heterocycles. The van der Waals surface area contributed by atoms with Gasteiger partial charge < -0.3 is 4.90 Å². The topological polar surface area (TPSA) is 95.5 Å². The van der Waals surface area contributed by atoms with E-state index >= 15 is 0 Å². The summed E-state index contributed by atoms with van der Waals surface area (Å²) in [4.78, 5) is 52.2. The van der Waals surface area contributed by atoms with Crippen molar-refractivity contribution in [1.82, 2.24) is 25.1 Å². The third-order valence-corrected chi connectivity index (χ3v) is 8.67. The van der Waals surface area contributed by atoms with Crippen molar-refractivity contribution in [3.05, 3.63) is 63.4 Å². The number of aromatic nitrogens is 2. The van der Waals surface area contributed by atoms with E-state index in [-0.39, 0.29) is 24.1 Å². The van der Waals surface area contributed by atoms with Crippen molar-refractivity contribution in [2.75, 3.05) is 13.1 Å². The van der Waals surface area contributed by atoms with Crippen LogP contribution in [0.4, 0.5) is 0 Å². The van der Waals surface area contributed by atoms with Crippen LogP contribution in [0.15, 0.2) is 30.6 Å². The number of imide groups is 1. The normalized spacial score (nSPS) is 20.6. The lowest BCUT2D eigenvalue weighted by atomic mass is 9.99. The number of fused-ring (bicyclic) bond motifs is 2. The maximum atomic E-state index is 12.9. The Balaban J connectivity index is 1.15. The second-order valence-electron chi connectivity index (χ2n) is 9.79. The molecule has 9 heteroatoms. The van der Waals surface area contributed by atoms with Gasteiger partial charge in [-0.25, -0.2) is 9.97 Å². The lowest BCUT2D eigenvalue weighted by Gasteiger charge is -2.29. The number of piperidine rings is 1. The highest BCUT2D eigenvalue weighted by Gasteiger charge is 2.39. The molecular weight excluding hydrogens is 474 g/mol. The summed E-state index contributed by atoms with van der Waals surface area (Å²) >= 11 is 1.73. The SMILES string of the molecule is Cc1sc2ncnc(C3=CCN(Cc4ccc5c(c4)CN(C4CCC(=O)NC4=O)C5=O)CC3)c2c1C. The van der Waals surface area contributed by atoms with Crippen LogP contribution in [-0.4, -0.2) is 56.6 Å². The molecule has 1 atom stereocenters. The van der Waals surface area contributed by atoms with E-state index in [4.69, 9.17) is 0 Å². The number of rotatable bonds is 4. The molecule has 184 valence electrons. The Labute approximate surface area is 213 Å². The Morgan fingerprint density at radius 3 is 2.78 bits per heavy atom. The summed E-state index contributed by atoms with van der Waals surface area (Å²) in [7, 11) is 0. The summed E-state index contributed by atoms with van der Waals surface area (Å²) in [5, 5.41) is 3.54. The first-order valence-corrected chi connectivity index (χ1v) is 13.1. The Bertz CT molecular complexity index is 1460. The van der Waals surface area contributed by atoms with Crippen LogP contribution in [0.25, 0.3) is 15.8 Å². The first-order chi connectivity index (χ1) is 17.4. The minimum atomic E-state index is -0.583. The molecule has 1 fully saturated rings. The molecule has 6 rings (SSSR count). The van der Waals surface area contributed by atoms with Gasteiger partial charge in [0.2, 0.25) is 11.8 Å². The van der Waals surface area contributed by atoms with Crippen molar-refractivity contribution < 1.29 is 14.4 Å². The number of hydrogen-bond donors (Lipinski definition) is 1. The van der Waals surface area contributed by atoms with Crippen LogP contribution in [0, 0.1) is 13.8 Å². The predicted octanol–water partition coefficient (Wildman–Crippen LogP) is 3.36. The molecule has 1 saturated heterocycles. The number of benzene rings is 1. The number of nitrogens with zero attached hydrogens (tertiary/aromatic N) is 4. The summed E-state index contributed by atoms with van der Waals surface area (Å²) in [6.07, 6.45) is 5.51. The Morgan fingerprint density at radius 2 is 2.00 bits per heavy atom. The molecule has 8 nitrogen and oxygen atoms in total. The summed E-state index contributed by atoms with van der Waals surface area (Å²) in [5.41, 5.74) is 6.36. The molecule has 1 N–H and O–H groups in total. The van der Waals surface area contributed by atoms with Gasteiger partial charge in [-0.3, -0.25) is 24.6 Å². The van der Waals surface area contributed by atoms with Crippen molar-refractivity contribution in [2.24, 2.45) is 0 Å². The molecule has 0 saturated carbocycles. The van der Waals surface area contributed by atoms with Gasteiger partial charge in [0, 0.05) is 48.4 Å². The van der Waals surface area contributed by atoms with E-state index in [9.17, 15) is 14.4 Å². The van der Waals surface area contributed by atoms with Gasteiger partial charge >= 0.3 is 0 Å². The van der Waals surface area contributed by atoms with Crippen molar-refractivity contribution in [3.8, 4) is 0 Å². The average Bonchev–Trinajstić information content (AvgIpc) is 3.35. The monoisotopic (exact) mass is 501 g/mol. The van der Waals surface area contributed by atoms with E-state index in [2.05, 4.69) is 46.2 Å². The molecule has 0 bridgehead atoms. The summed E-state index contributed by atoms with van der Waals surface area (Å²) < 4.78 is 0. The highest BCUT2D eigenvalue weighted by Crippen LogP contribution is 2.35. The van der Waals surface area contributed by atoms with Gasteiger partial charge in [0.05, 0.1) is 5.69 Å². The molecule has 3 amide bonds. The summed E-state index contributed by atoms with van der Waals surface area (Å²) in [6, 6.07) is 5.39. The molecule has 5 heterocycles. The fraction of sp³-hybridized carbons (Fsp3) is 0.370. The molecule has 0 aliphatic carbocycles. The molecule has 3 aliphatic rings. The second kappa shape index (κ2) is 8.90. The molecule has 3 aromatic rings. The Kier molecular flexibility index (Phi) is 5.69. The van der Waals surface area contributed by atoms with Crippen LogP contribution in [0.3, 0.4) is 0 Å². The van der Waals surface area contributed by atoms with E-state index in [0.29, 0.717) is 18.5 Å². The van der Waals surface area contributed by atoms with Gasteiger partial charge in [-0.1, -0.05) is 18.2 Å². The van der Waals surface area contributed by atoms with Crippen molar-refractivity contribution in [2.45, 2.75) is 52.2 Å². The lowest BCUT2D eigenvalue weighted by Crippen LogP contribution is -2.52. The van der Waals surface area contributed by atoms with Crippen molar-refractivity contribution in [3.63, 3.8) is 0 Å². The Morgan fingerprint density at radius 1 is 1.14 bits per heavy atom. The maximum absolute atomic E-state index is 12.9. The zero-order valence-corrected chi connectivity index (χ0v) is 21.2. The minimum Gasteiger partial charge on any atom is -0.322 e. The zero-order chi connectivity index (χ0) is 25.0. The smallest absolute Gasteiger partial charge is 0.255 e. The molecule has 36 heavy (non-hydrogen) atoms. The number of amides is 3. The van der Waals surface area contributed by atoms with Gasteiger partial charge in [0.25, 0.3) is 5.91 Å². The van der Waals surface area contributed by atoms with Crippen LogP contribution >= 0.6 is 11.3 Å². The van der Waals surface area contributed by atoms with Gasteiger partial charge in [-0.05, 0) is 55.0 Å². The summed E-state index contributed by atoms with van der Waals surface area (Å²) in [5.74, 6) is -0.782. The Hall–Kier alpha value is -3.43. The quantitative estimate of drug-likeness (QED) is 0.551. The van der Waals surface area contributed by atoms with E-state index < -0.39 is 6.04 Å². The first-order valence-electron chi connectivity index (χ1n) is 12.3. The number of aryl methyl sites for hydroxylation is 2. The average molecular weight is 502 g/mol. The van der Waals surface area contributed by atoms with Crippen LogP contribution in [0.5, 0.6) is 0 Å². The molecule has 1 aromatic carbocycles. The number of nitrogens with one attached hydrogen (secondary N) is 1. The molecule has 3 aliphatic heterocycles. The van der Waals surface area contributed by atoms with E-state index in [1.54, 1.807) is 22.6 Å². The molecular formula is C27H27N5O3S. The second-order valence-corrected chi connectivity index (χ2v) is 11.0. The number of thiophene rings is 1. The van der Waals surface area contributed by atoms with Crippen LogP contribution in [0.2, 0.25) is 0 Å². The largest absolute Gasteiger partial charge is 0.322 e. The third kappa shape index (κ3) is 3.92. The fourth-order valence-electron chi connectivity index (χ4n) is 5.48. The number of carbonyl (C=O) groups is 3. The molecule has 0 radical (unpaired) electrons. The maximum Gasteiger partial charge on any atom is 0.255 e. The zero-order valence-electron chi connectivity index (χ0n) is 20.3.